The molecule has 0 atom stereocenters. The Hall–Kier alpha value is -5.08. The second-order valence-electron chi connectivity index (χ2n) is 10.9. The van der Waals surface area contributed by atoms with Crippen LogP contribution in [0.3, 0.4) is 0 Å². The molecule has 48 heavy (non-hydrogen) atoms. The Balaban J connectivity index is 1.34. The number of aromatic carboxylic acids is 1. The Labute approximate surface area is 268 Å². The van der Waals surface area contributed by atoms with Crippen LogP contribution in [0.25, 0.3) is 0 Å². The quantitative estimate of drug-likeness (QED) is 0.181. The Morgan fingerprint density at radius 2 is 1.27 bits per heavy atom. The van der Waals surface area contributed by atoms with Gasteiger partial charge < -0.3 is 25.0 Å². The van der Waals surface area contributed by atoms with E-state index in [2.05, 4.69) is 5.32 Å². The SMILES string of the molecule is O=C(O)c1ccc(Oc2ccc(C(F)(F)F)cc2CNc2ccc(N3CCN(c4cccc(C(F)(F)F)c4)CC3)cc2C(F)(F)F)cc1. The number of anilines is 3. The summed E-state index contributed by atoms with van der Waals surface area (Å²) in [5, 5.41) is 11.7. The van der Waals surface area contributed by atoms with Crippen molar-refractivity contribution in [3.05, 3.63) is 113 Å². The smallest absolute Gasteiger partial charge is 0.418 e. The summed E-state index contributed by atoms with van der Waals surface area (Å²) in [6, 6.07) is 15.9. The molecule has 2 N–H and O–H groups in total. The standard InChI is InChI=1S/C33H26F9N3O3/c34-31(35,36)22-2-1-3-24(17-22)44-12-14-45(15-13-44)25-7-10-28(27(18-25)33(40,41)42)43-19-21-16-23(32(37,38)39)6-11-29(21)48-26-8-4-20(5-9-26)30(46)47/h1-11,16-18,43H,12-15,19H2,(H,46,47). The van der Waals surface area contributed by atoms with E-state index in [9.17, 15) is 44.3 Å². The number of piperazine rings is 1. The van der Waals surface area contributed by atoms with Gasteiger partial charge in [-0.1, -0.05) is 6.07 Å². The maximum Gasteiger partial charge on any atom is 0.418 e. The van der Waals surface area contributed by atoms with Crippen LogP contribution >= 0.6 is 0 Å². The third-order valence-electron chi connectivity index (χ3n) is 7.68. The van der Waals surface area contributed by atoms with E-state index in [-0.39, 0.29) is 54.5 Å². The highest BCUT2D eigenvalue weighted by molar-refractivity contribution is 5.87. The van der Waals surface area contributed by atoms with Crippen LogP contribution in [-0.2, 0) is 25.1 Å². The van der Waals surface area contributed by atoms with Crippen LogP contribution in [0.5, 0.6) is 11.5 Å². The highest BCUT2D eigenvalue weighted by Crippen LogP contribution is 2.40. The molecule has 1 aliphatic rings. The van der Waals surface area contributed by atoms with Crippen molar-refractivity contribution in [1.29, 1.82) is 0 Å². The molecule has 0 bridgehead atoms. The summed E-state index contributed by atoms with van der Waals surface area (Å²) in [5.74, 6) is -1.21. The molecule has 1 aliphatic heterocycles. The minimum atomic E-state index is -4.85. The number of nitrogens with one attached hydrogen (secondary N) is 1. The molecule has 0 radical (unpaired) electrons. The first kappa shape index (κ1) is 34.3. The normalized spacial score (nSPS) is 14.2. The molecule has 254 valence electrons. The number of alkyl halides is 9. The zero-order chi connectivity index (χ0) is 34.9. The van der Waals surface area contributed by atoms with Gasteiger partial charge in [-0.3, -0.25) is 0 Å². The van der Waals surface area contributed by atoms with Gasteiger partial charge in [0.1, 0.15) is 11.5 Å². The highest BCUT2D eigenvalue weighted by Gasteiger charge is 2.36. The number of hydrogen-bond donors (Lipinski definition) is 2. The summed E-state index contributed by atoms with van der Waals surface area (Å²) < 4.78 is 128. The van der Waals surface area contributed by atoms with Crippen molar-refractivity contribution in [2.75, 3.05) is 41.3 Å². The molecule has 0 spiro atoms. The molecule has 5 rings (SSSR count). The molecule has 0 aliphatic carbocycles. The van der Waals surface area contributed by atoms with E-state index >= 15 is 0 Å². The third-order valence-corrected chi connectivity index (χ3v) is 7.68. The third kappa shape index (κ3) is 8.06. The summed E-state index contributed by atoms with van der Waals surface area (Å²) >= 11 is 0. The van der Waals surface area contributed by atoms with E-state index in [0.717, 1.165) is 42.5 Å². The molecule has 4 aromatic rings. The molecule has 0 saturated carbocycles. The molecule has 1 saturated heterocycles. The van der Waals surface area contributed by atoms with Crippen LogP contribution in [0.4, 0.5) is 56.6 Å². The highest BCUT2D eigenvalue weighted by atomic mass is 19.4. The average Bonchev–Trinajstić information content (AvgIpc) is 3.03. The largest absolute Gasteiger partial charge is 0.478 e. The Morgan fingerprint density at radius 3 is 1.83 bits per heavy atom. The number of ether oxygens (including phenoxy) is 1. The number of hydrogen-bond acceptors (Lipinski definition) is 5. The monoisotopic (exact) mass is 683 g/mol. The zero-order valence-electron chi connectivity index (χ0n) is 24.7. The fourth-order valence-corrected chi connectivity index (χ4v) is 5.20. The first-order valence-corrected chi connectivity index (χ1v) is 14.3. The van der Waals surface area contributed by atoms with Gasteiger partial charge in [0.15, 0.2) is 0 Å². The summed E-state index contributed by atoms with van der Waals surface area (Å²) in [6.45, 7) is 0.446. The molecular formula is C33H26F9N3O3. The fraction of sp³-hybridized carbons (Fsp3) is 0.242. The van der Waals surface area contributed by atoms with Crippen molar-refractivity contribution in [2.45, 2.75) is 25.1 Å². The van der Waals surface area contributed by atoms with Crippen LogP contribution in [0.15, 0.2) is 84.9 Å². The van der Waals surface area contributed by atoms with E-state index in [1.165, 1.54) is 42.5 Å². The summed E-state index contributed by atoms with van der Waals surface area (Å²) in [7, 11) is 0. The van der Waals surface area contributed by atoms with E-state index in [0.29, 0.717) is 5.69 Å². The Kier molecular flexibility index (Phi) is 9.42. The van der Waals surface area contributed by atoms with Crippen molar-refractivity contribution >= 4 is 23.0 Å². The first-order valence-electron chi connectivity index (χ1n) is 14.3. The van der Waals surface area contributed by atoms with Crippen molar-refractivity contribution in [3.63, 3.8) is 0 Å². The lowest BCUT2D eigenvalue weighted by atomic mass is 10.1. The number of rotatable bonds is 8. The molecule has 1 fully saturated rings. The maximum absolute atomic E-state index is 14.2. The summed E-state index contributed by atoms with van der Waals surface area (Å²) in [4.78, 5) is 14.5. The Bertz CT molecular complexity index is 1760. The van der Waals surface area contributed by atoms with Crippen LogP contribution in [0.1, 0.15) is 32.6 Å². The minimum absolute atomic E-state index is 0.0580. The number of nitrogens with zero attached hydrogens (tertiary/aromatic N) is 2. The van der Waals surface area contributed by atoms with Gasteiger partial charge in [0.2, 0.25) is 0 Å². The van der Waals surface area contributed by atoms with Gasteiger partial charge in [-0.15, -0.1) is 0 Å². The van der Waals surface area contributed by atoms with E-state index in [1.54, 1.807) is 9.80 Å². The van der Waals surface area contributed by atoms with E-state index < -0.39 is 53.4 Å². The van der Waals surface area contributed by atoms with Crippen molar-refractivity contribution in [3.8, 4) is 11.5 Å². The fourth-order valence-electron chi connectivity index (χ4n) is 5.20. The van der Waals surface area contributed by atoms with Crippen molar-refractivity contribution in [1.82, 2.24) is 0 Å². The number of benzene rings is 4. The van der Waals surface area contributed by atoms with Gasteiger partial charge >= 0.3 is 24.5 Å². The summed E-state index contributed by atoms with van der Waals surface area (Å²) in [6.07, 6.45) is -14.1. The second kappa shape index (κ2) is 13.2. The topological polar surface area (TPSA) is 65.0 Å². The van der Waals surface area contributed by atoms with Gasteiger partial charge in [0.05, 0.1) is 22.3 Å². The van der Waals surface area contributed by atoms with Crippen molar-refractivity contribution < 1.29 is 54.2 Å². The lowest BCUT2D eigenvalue weighted by Crippen LogP contribution is -2.46. The van der Waals surface area contributed by atoms with Crippen LogP contribution < -0.4 is 19.9 Å². The number of carboxylic acid groups (broad SMARTS) is 1. The van der Waals surface area contributed by atoms with Gasteiger partial charge in [0, 0.05) is 55.3 Å². The second-order valence-corrected chi connectivity index (χ2v) is 10.9. The lowest BCUT2D eigenvalue weighted by Gasteiger charge is -2.38. The van der Waals surface area contributed by atoms with Gasteiger partial charge in [-0.25, -0.2) is 4.79 Å². The predicted molar refractivity (Wildman–Crippen MR) is 160 cm³/mol. The van der Waals surface area contributed by atoms with Gasteiger partial charge in [-0.2, -0.15) is 39.5 Å². The zero-order valence-corrected chi connectivity index (χ0v) is 24.7. The molecular weight excluding hydrogens is 657 g/mol. The number of halogens is 9. The van der Waals surface area contributed by atoms with Crippen LogP contribution in [-0.4, -0.2) is 37.3 Å². The number of carbonyl (C=O) groups is 1. The molecule has 15 heteroatoms. The average molecular weight is 684 g/mol. The van der Waals surface area contributed by atoms with Crippen molar-refractivity contribution in [2.24, 2.45) is 0 Å². The molecule has 1 heterocycles. The Morgan fingerprint density at radius 1 is 0.688 bits per heavy atom. The summed E-state index contributed by atoms with van der Waals surface area (Å²) in [5.41, 5.74) is -2.95. The molecule has 0 amide bonds. The van der Waals surface area contributed by atoms with E-state index in [1.807, 2.05) is 0 Å². The lowest BCUT2D eigenvalue weighted by molar-refractivity contribution is -0.138. The molecule has 0 aromatic heterocycles. The maximum atomic E-state index is 14.2. The predicted octanol–water partition coefficient (Wildman–Crippen LogP) is 9.17. The molecule has 4 aromatic carbocycles. The minimum Gasteiger partial charge on any atom is -0.478 e. The van der Waals surface area contributed by atoms with Crippen LogP contribution in [0.2, 0.25) is 0 Å². The van der Waals surface area contributed by atoms with Gasteiger partial charge in [-0.05, 0) is 78.9 Å². The number of carboxylic acids is 1. The molecule has 6 nitrogen and oxygen atoms in total. The van der Waals surface area contributed by atoms with Gasteiger partial charge in [0.25, 0.3) is 0 Å². The van der Waals surface area contributed by atoms with Crippen LogP contribution in [0, 0.1) is 0 Å². The molecule has 0 unspecified atom stereocenters. The first-order chi connectivity index (χ1) is 22.5. The van der Waals surface area contributed by atoms with E-state index in [4.69, 9.17) is 9.84 Å².